The van der Waals surface area contributed by atoms with Crippen molar-refractivity contribution >= 4 is 48.0 Å². The molecule has 0 atom stereocenters. The van der Waals surface area contributed by atoms with Crippen LogP contribution in [-0.4, -0.2) is 3.21 Å². The van der Waals surface area contributed by atoms with Crippen molar-refractivity contribution in [2.75, 3.05) is 0 Å². The second kappa shape index (κ2) is 19.3. The molecule has 2 aliphatic rings. The van der Waals surface area contributed by atoms with Gasteiger partial charge in [-0.15, -0.1) is 23.1 Å². The monoisotopic (exact) mass is 948 g/mol. The van der Waals surface area contributed by atoms with Gasteiger partial charge < -0.3 is 24.8 Å². The van der Waals surface area contributed by atoms with Crippen LogP contribution in [0.1, 0.15) is 134 Å². The first-order valence-corrected chi connectivity index (χ1v) is 22.5. The molecule has 312 valence electrons. The largest absolute Gasteiger partial charge is 1.00 e. The summed E-state index contributed by atoms with van der Waals surface area (Å²) in [5.41, 5.74) is 14.4. The van der Waals surface area contributed by atoms with E-state index in [-0.39, 0.29) is 46.5 Å². The van der Waals surface area contributed by atoms with Crippen LogP contribution in [0, 0.1) is 12.1 Å². The molecule has 0 aliphatic heterocycles. The van der Waals surface area contributed by atoms with E-state index in [1.807, 2.05) is 36.4 Å². The first-order chi connectivity index (χ1) is 27.1. The summed E-state index contributed by atoms with van der Waals surface area (Å²) in [5.74, 6) is 0. The topological polar surface area (TPSA) is 0 Å². The first-order valence-electron chi connectivity index (χ1n) is 20.5. The van der Waals surface area contributed by atoms with Gasteiger partial charge in [0, 0.05) is 0 Å². The zero-order chi connectivity index (χ0) is 42.4. The molecule has 0 fully saturated rings. The van der Waals surface area contributed by atoms with E-state index < -0.39 is 0 Å². The quantitative estimate of drug-likeness (QED) is 0.152. The van der Waals surface area contributed by atoms with Crippen LogP contribution >= 0.6 is 23.2 Å². The average molecular weight is 952 g/mol. The maximum atomic E-state index is 6.38. The Morgan fingerprint density at radius 1 is 0.550 bits per heavy atom. The minimum atomic E-state index is 0. The third-order valence-corrected chi connectivity index (χ3v) is 13.1. The molecule has 0 N–H and O–H groups in total. The minimum Gasteiger partial charge on any atom is -1.00 e. The Morgan fingerprint density at radius 3 is 1.42 bits per heavy atom. The first kappa shape index (κ1) is 49.9. The van der Waals surface area contributed by atoms with Crippen molar-refractivity contribution in [1.29, 1.82) is 0 Å². The van der Waals surface area contributed by atoms with Gasteiger partial charge in [0.05, 0.1) is 0 Å². The third kappa shape index (κ3) is 10.9. The zero-order valence-electron chi connectivity index (χ0n) is 37.3. The van der Waals surface area contributed by atoms with Gasteiger partial charge in [-0.3, -0.25) is 6.08 Å². The Labute approximate surface area is 398 Å². The molecule has 0 nitrogen and oxygen atoms in total. The average Bonchev–Trinajstić information content (AvgIpc) is 3.84. The van der Waals surface area contributed by atoms with Crippen molar-refractivity contribution in [3.63, 3.8) is 0 Å². The van der Waals surface area contributed by atoms with Crippen LogP contribution in [0.2, 0.25) is 10.0 Å². The summed E-state index contributed by atoms with van der Waals surface area (Å²) >= 11 is 14.1. The normalized spacial score (nSPS) is 13.1. The van der Waals surface area contributed by atoms with Crippen LogP contribution in [0.15, 0.2) is 109 Å². The van der Waals surface area contributed by atoms with Gasteiger partial charge in [-0.05, 0) is 39.4 Å². The van der Waals surface area contributed by atoms with Gasteiger partial charge in [-0.2, -0.15) is 23.8 Å². The maximum Gasteiger partial charge on any atom is -0.109 e. The molecule has 2 aliphatic carbocycles. The molecular weight excluding hydrogens is 894 g/mol. The number of rotatable bonds is 2. The molecule has 0 saturated carbocycles. The second-order valence-electron chi connectivity index (χ2n) is 19.8. The van der Waals surface area contributed by atoms with Crippen molar-refractivity contribution in [2.45, 2.75) is 118 Å². The predicted molar refractivity (Wildman–Crippen MR) is 251 cm³/mol. The number of allylic oxidation sites excluding steroid dienone is 4. The van der Waals surface area contributed by atoms with E-state index in [4.69, 9.17) is 23.2 Å². The van der Waals surface area contributed by atoms with Crippen molar-refractivity contribution in [3.05, 3.63) is 176 Å². The summed E-state index contributed by atoms with van der Waals surface area (Å²) in [7, 11) is 0. The van der Waals surface area contributed by atoms with Crippen LogP contribution < -0.4 is 24.8 Å². The number of benzene rings is 6. The van der Waals surface area contributed by atoms with Crippen LogP contribution in [0.25, 0.3) is 32.7 Å². The molecule has 0 saturated heterocycles. The molecule has 60 heavy (non-hydrogen) atoms. The van der Waals surface area contributed by atoms with E-state index >= 15 is 0 Å². The number of halogens is 4. The van der Waals surface area contributed by atoms with E-state index in [1.54, 1.807) is 0 Å². The predicted octanol–water partition coefficient (Wildman–Crippen LogP) is 9.98. The second-order valence-corrected chi connectivity index (χ2v) is 21.9. The molecule has 6 aromatic carbocycles. The fourth-order valence-electron chi connectivity index (χ4n) is 8.09. The van der Waals surface area contributed by atoms with Crippen LogP contribution in [0.3, 0.4) is 0 Å². The smallest absolute Gasteiger partial charge is 0.109 e. The molecule has 0 radical (unpaired) electrons. The van der Waals surface area contributed by atoms with Crippen LogP contribution in [-0.2, 0) is 52.3 Å². The Hall–Kier alpha value is -2.77. The Morgan fingerprint density at radius 2 is 1.00 bits per heavy atom. The van der Waals surface area contributed by atoms with Gasteiger partial charge in [0.1, 0.15) is 0 Å². The minimum absolute atomic E-state index is 0. The number of hydrogen-bond donors (Lipinski definition) is 0. The molecule has 5 heteroatoms. The van der Waals surface area contributed by atoms with Gasteiger partial charge in [0.2, 0.25) is 0 Å². The molecule has 0 bridgehead atoms. The molecule has 0 amide bonds. The zero-order valence-corrected chi connectivity index (χ0v) is 42.8. The summed E-state index contributed by atoms with van der Waals surface area (Å²) in [4.78, 5) is 0. The molecular formula is C55H58Cl4Zr-2. The summed E-state index contributed by atoms with van der Waals surface area (Å²) in [5, 5.41) is 6.15. The Bertz CT molecular complexity index is 2400. The molecule has 0 unspecified atom stereocenters. The Balaban J connectivity index is 0.000000232. The van der Waals surface area contributed by atoms with E-state index in [1.165, 1.54) is 93.8 Å². The molecule has 8 rings (SSSR count). The number of fused-ring (bicyclic) bond motifs is 5. The fourth-order valence-corrected chi connectivity index (χ4v) is 9.64. The third-order valence-electron chi connectivity index (χ3n) is 11.1. The molecule has 0 spiro atoms. The van der Waals surface area contributed by atoms with Gasteiger partial charge in [0.25, 0.3) is 0 Å². The summed E-state index contributed by atoms with van der Waals surface area (Å²) in [6, 6.07) is 36.2. The van der Waals surface area contributed by atoms with Crippen molar-refractivity contribution in [3.8, 4) is 11.1 Å². The van der Waals surface area contributed by atoms with E-state index in [9.17, 15) is 0 Å². The van der Waals surface area contributed by atoms with Crippen LogP contribution in [0.4, 0.5) is 0 Å². The maximum absolute atomic E-state index is 6.38. The summed E-state index contributed by atoms with van der Waals surface area (Å²) < 4.78 is 1.31. The fraction of sp³-hybridized carbons (Fsp3) is 0.327. The summed E-state index contributed by atoms with van der Waals surface area (Å²) in [6.45, 7) is 28.0. The molecule has 6 aromatic rings. The van der Waals surface area contributed by atoms with Crippen LogP contribution in [0.5, 0.6) is 0 Å². The van der Waals surface area contributed by atoms with E-state index in [0.717, 1.165) is 33.7 Å². The van der Waals surface area contributed by atoms with E-state index in [0.29, 0.717) is 0 Å². The standard InChI is InChI=1S/C29H41.C21H12Cl2.C5H5.2ClH.Zr/c1-26(2,3)22-14-18-13-19-15-23(27(4,5)6)25(29(10,11)12)17-21(19)20(18)16-24(22)28(7,8)9;22-20-11-3-7-16-14(5-1-9-18(16)20)13-15-6-2-10-19-17(15)8-4-12-21(19)23;1-2-4-5-3-1;;;/h14,16-17H,13H2,1-12H3;1-12H;1-3H,4H2;2*1H;/q-1;;-1;;;+2/p-2. The molecule has 0 aromatic heterocycles. The molecule has 0 heterocycles. The SMILES string of the molecule is CC(C)(C)c1[c-]c2c(cc1C(C)(C)C)-c1cc(C(C)(C)C)c(C(C)(C)C)cc1C2.Clc1cccc2c([C](=[Zr+2])c3cccc4c(Cl)cccc34)cccc12.[C-]1=CC=CC1.[Cl-].[Cl-]. The van der Waals surface area contributed by atoms with Crippen molar-refractivity contribution < 1.29 is 49.0 Å². The van der Waals surface area contributed by atoms with Gasteiger partial charge in [0.15, 0.2) is 0 Å². The summed E-state index contributed by atoms with van der Waals surface area (Å²) in [6.07, 6.45) is 11.0. The van der Waals surface area contributed by atoms with Gasteiger partial charge in [-0.1, -0.05) is 106 Å². The number of hydrogen-bond acceptors (Lipinski definition) is 0. The van der Waals surface area contributed by atoms with E-state index in [2.05, 4.69) is 168 Å². The van der Waals surface area contributed by atoms with Crippen molar-refractivity contribution in [2.24, 2.45) is 0 Å². The Kier molecular flexibility index (Phi) is 16.1. The van der Waals surface area contributed by atoms with Crippen molar-refractivity contribution in [1.82, 2.24) is 0 Å². The van der Waals surface area contributed by atoms with Gasteiger partial charge in [-0.25, -0.2) is 12.2 Å². The van der Waals surface area contributed by atoms with Gasteiger partial charge >= 0.3 is 166 Å².